The molecular weight excluding hydrogens is 901 g/mol. The molecule has 2 amide bonds. The molecule has 3 saturated heterocycles. The molecule has 1 aromatic heterocycles. The molecule has 17 nitrogen and oxygen atoms in total. The van der Waals surface area contributed by atoms with Crippen molar-refractivity contribution in [2.45, 2.75) is 179 Å². The zero-order valence-corrected chi connectivity index (χ0v) is 42.2. The number of ketones is 2. The molecule has 0 spiro atoms. The number of aliphatic hydroxyl groups excluding tert-OH is 4. The lowest BCUT2D eigenvalue weighted by molar-refractivity contribution is -0.298. The summed E-state index contributed by atoms with van der Waals surface area (Å²) in [5, 5.41) is 57.1. The predicted molar refractivity (Wildman–Crippen MR) is 258 cm³/mol. The number of piperazine rings is 1. The van der Waals surface area contributed by atoms with Crippen LogP contribution in [0.4, 0.5) is 0 Å². The molecule has 17 heteroatoms. The summed E-state index contributed by atoms with van der Waals surface area (Å²) in [5.74, 6) is -9.08. The lowest BCUT2D eigenvalue weighted by Crippen LogP contribution is -2.64. The summed E-state index contributed by atoms with van der Waals surface area (Å²) in [6, 6.07) is 4.60. The number of cyclic esters (lactones) is 1. The smallest absolute Gasteiger partial charge is 0.329 e. The van der Waals surface area contributed by atoms with E-state index in [9.17, 15) is 49.5 Å². The van der Waals surface area contributed by atoms with E-state index in [1.165, 1.54) is 6.92 Å². The van der Waals surface area contributed by atoms with E-state index in [1.54, 1.807) is 27.2 Å². The largest absolute Gasteiger partial charge is 0.456 e. The van der Waals surface area contributed by atoms with Gasteiger partial charge in [0.15, 0.2) is 0 Å². The van der Waals surface area contributed by atoms with E-state index in [2.05, 4.69) is 9.88 Å². The molecule has 0 unspecified atom stereocenters. The maximum atomic E-state index is 14.5. The van der Waals surface area contributed by atoms with E-state index >= 15 is 0 Å². The van der Waals surface area contributed by atoms with Crippen LogP contribution in [0.1, 0.15) is 124 Å². The Bertz CT molecular complexity index is 2010. The molecule has 4 aliphatic heterocycles. The van der Waals surface area contributed by atoms with Crippen LogP contribution in [-0.4, -0.2) is 169 Å². The third-order valence-electron chi connectivity index (χ3n) is 15.6. The highest BCUT2D eigenvalue weighted by Gasteiger charge is 2.56. The number of esters is 1. The SMILES string of the molecule is CO[C@@H]1C[C@H](/C=C(\C)[C@H]2OC(=O)[C@@H]3CCCCN3C(=O)C(=O)[C@]3(O)O[C@H]([C@@H](O)C[C@@H](C)C/C(C)=C/[C@@H](CCCC(=O)N4CCN(Cc5ccccn5)CC4)C(=O)C[C@H](O)[C@H]2C)[C@@H](O)C[C@H]3C)CC[C@H]1O. The minimum absolute atomic E-state index is 0.00849. The number of aliphatic hydroxyl groups is 5. The molecule has 0 aromatic carbocycles. The van der Waals surface area contributed by atoms with Crippen molar-refractivity contribution in [3.8, 4) is 0 Å². The number of amides is 2. The van der Waals surface area contributed by atoms with E-state index in [1.807, 2.05) is 49.1 Å². The molecule has 5 heterocycles. The van der Waals surface area contributed by atoms with Crippen LogP contribution in [0.5, 0.6) is 0 Å². The fourth-order valence-electron chi connectivity index (χ4n) is 11.4. The van der Waals surface area contributed by atoms with Crippen LogP contribution < -0.4 is 0 Å². The fraction of sp³-hybridized carbons (Fsp3) is 0.736. The number of carbonyl (C=O) groups excluding carboxylic acids is 5. The van der Waals surface area contributed by atoms with Gasteiger partial charge in [-0.2, -0.15) is 0 Å². The van der Waals surface area contributed by atoms with Gasteiger partial charge in [-0.15, -0.1) is 0 Å². The number of carbonyl (C=O) groups is 5. The number of hydrogen-bond donors (Lipinski definition) is 5. The van der Waals surface area contributed by atoms with Crippen molar-refractivity contribution < 1.29 is 63.7 Å². The van der Waals surface area contributed by atoms with Crippen LogP contribution in [0.3, 0.4) is 0 Å². The lowest BCUT2D eigenvalue weighted by atomic mass is 9.81. The summed E-state index contributed by atoms with van der Waals surface area (Å²) >= 11 is 0. The number of pyridine rings is 1. The second kappa shape index (κ2) is 25.1. The zero-order valence-electron chi connectivity index (χ0n) is 42.2. The highest BCUT2D eigenvalue weighted by atomic mass is 16.7. The summed E-state index contributed by atoms with van der Waals surface area (Å²) in [6.45, 7) is 12.1. The van der Waals surface area contributed by atoms with Crippen LogP contribution in [-0.2, 0) is 44.7 Å². The van der Waals surface area contributed by atoms with E-state index in [0.717, 1.165) is 29.3 Å². The lowest BCUT2D eigenvalue weighted by Gasteiger charge is -2.45. The van der Waals surface area contributed by atoms with Crippen molar-refractivity contribution in [2.24, 2.45) is 29.6 Å². The topological polar surface area (TPSA) is 237 Å². The average Bonchev–Trinajstić information content (AvgIpc) is 3.33. The highest BCUT2D eigenvalue weighted by Crippen LogP contribution is 2.38. The van der Waals surface area contributed by atoms with Gasteiger partial charge in [0.25, 0.3) is 11.7 Å². The normalized spacial score (nSPS) is 37.2. The third kappa shape index (κ3) is 14.0. The van der Waals surface area contributed by atoms with Gasteiger partial charge in [0.2, 0.25) is 11.7 Å². The number of aromatic nitrogens is 1. The van der Waals surface area contributed by atoms with E-state index in [4.69, 9.17) is 14.2 Å². The number of ether oxygens (including phenoxy) is 3. The van der Waals surface area contributed by atoms with Gasteiger partial charge in [0.1, 0.15) is 24.0 Å². The van der Waals surface area contributed by atoms with Crippen LogP contribution in [0, 0.1) is 29.6 Å². The van der Waals surface area contributed by atoms with E-state index in [0.29, 0.717) is 76.6 Å². The third-order valence-corrected chi connectivity index (χ3v) is 15.6. The standard InChI is InChI=1S/C53H80N4O13/c1-32-24-33(2)26-44(61)49-45(62)28-35(4)53(67,70-49)50(64)51(65)57-19-10-8-14-40(57)52(66)69-48(34(3)27-37-16-17-41(58)46(29-37)68-6)36(5)42(59)30-43(60)38(25-32)12-11-15-47(63)56-22-20-55(21-23-56)31-39-13-7-9-18-54-39/h7,9,13,18,25,27,33,35-38,40-42,44-46,48-49,58-59,61-62,67H,8,10-12,14-17,19-24,26,28-31H2,1-6H3/b32-25+,34-27+/t33-,35+,36+,37-,38+,40-,41+,42-,44-,45-,46+,48+,49+,53+/m0/s1. The van der Waals surface area contributed by atoms with Crippen LogP contribution in [0.15, 0.2) is 47.7 Å². The first-order valence-corrected chi connectivity index (χ1v) is 25.8. The number of hydrogen-bond acceptors (Lipinski definition) is 15. The quantitative estimate of drug-likeness (QED) is 0.135. The Balaban J connectivity index is 1.26. The van der Waals surface area contributed by atoms with E-state index < -0.39 is 90.0 Å². The molecule has 1 aromatic rings. The van der Waals surface area contributed by atoms with Crippen LogP contribution in [0.25, 0.3) is 0 Å². The molecule has 5 N–H and O–H groups in total. The minimum atomic E-state index is -2.71. The van der Waals surface area contributed by atoms with Gasteiger partial charge < -0.3 is 49.5 Å². The second-order valence-corrected chi connectivity index (χ2v) is 21.2. The molecule has 0 radical (unpaired) electrons. The van der Waals surface area contributed by atoms with Crippen molar-refractivity contribution in [1.82, 2.24) is 19.7 Å². The number of methoxy groups -OCH3 is 1. The molecular formula is C53H80N4O13. The van der Waals surface area contributed by atoms with Crippen molar-refractivity contribution in [2.75, 3.05) is 39.8 Å². The Morgan fingerprint density at radius 2 is 1.63 bits per heavy atom. The molecule has 70 heavy (non-hydrogen) atoms. The van der Waals surface area contributed by atoms with Gasteiger partial charge in [0.05, 0.1) is 36.2 Å². The molecule has 6 rings (SSSR count). The Kier molecular flexibility index (Phi) is 19.9. The number of allylic oxidation sites excluding steroid dienone is 3. The van der Waals surface area contributed by atoms with Crippen molar-refractivity contribution in [3.05, 3.63) is 53.4 Å². The Morgan fingerprint density at radius 1 is 0.900 bits per heavy atom. The van der Waals surface area contributed by atoms with Crippen molar-refractivity contribution in [3.63, 3.8) is 0 Å². The first-order chi connectivity index (χ1) is 33.3. The highest BCUT2D eigenvalue weighted by molar-refractivity contribution is 6.39. The Labute approximate surface area is 413 Å². The van der Waals surface area contributed by atoms with Gasteiger partial charge in [-0.1, -0.05) is 44.6 Å². The van der Waals surface area contributed by atoms with Gasteiger partial charge in [-0.25, -0.2) is 4.79 Å². The number of piperidine rings is 1. The first kappa shape index (κ1) is 55.4. The molecule has 1 aliphatic carbocycles. The number of Topliss-reactive ketones (excluding diaryl/α,β-unsaturated/α-hetero) is 2. The summed E-state index contributed by atoms with van der Waals surface area (Å²) < 4.78 is 17.8. The van der Waals surface area contributed by atoms with Crippen molar-refractivity contribution >= 4 is 29.4 Å². The number of fused-ring (bicyclic) bond motifs is 3. The molecule has 2 bridgehead atoms. The number of rotatable bonds is 9. The van der Waals surface area contributed by atoms with Crippen molar-refractivity contribution in [1.29, 1.82) is 0 Å². The summed E-state index contributed by atoms with van der Waals surface area (Å²) in [5.41, 5.74) is 2.40. The van der Waals surface area contributed by atoms with Gasteiger partial charge in [0, 0.05) is 83.2 Å². The zero-order chi connectivity index (χ0) is 50.9. The monoisotopic (exact) mass is 981 g/mol. The fourth-order valence-corrected chi connectivity index (χ4v) is 11.4. The molecule has 1 saturated carbocycles. The Hall–Kier alpha value is -3.94. The maximum absolute atomic E-state index is 14.5. The predicted octanol–water partition coefficient (Wildman–Crippen LogP) is 3.66. The molecule has 14 atom stereocenters. The maximum Gasteiger partial charge on any atom is 0.329 e. The minimum Gasteiger partial charge on any atom is -0.456 e. The summed E-state index contributed by atoms with van der Waals surface area (Å²) in [4.78, 5) is 80.5. The molecule has 4 fully saturated rings. The molecule has 5 aliphatic rings. The van der Waals surface area contributed by atoms with E-state index in [-0.39, 0.29) is 62.2 Å². The van der Waals surface area contributed by atoms with Crippen LogP contribution in [0.2, 0.25) is 0 Å². The second-order valence-electron chi connectivity index (χ2n) is 21.2. The summed E-state index contributed by atoms with van der Waals surface area (Å²) in [6.07, 6.45) is 2.03. The number of nitrogens with zero attached hydrogens (tertiary/aromatic N) is 4. The summed E-state index contributed by atoms with van der Waals surface area (Å²) in [7, 11) is 1.54. The first-order valence-electron chi connectivity index (χ1n) is 25.8. The molecule has 390 valence electrons. The van der Waals surface area contributed by atoms with Crippen LogP contribution >= 0.6 is 0 Å². The van der Waals surface area contributed by atoms with Gasteiger partial charge in [-0.3, -0.25) is 29.1 Å². The van der Waals surface area contributed by atoms with Gasteiger partial charge in [-0.05, 0) is 114 Å². The Morgan fingerprint density at radius 3 is 2.33 bits per heavy atom. The van der Waals surface area contributed by atoms with Gasteiger partial charge >= 0.3 is 5.97 Å². The average molecular weight is 981 g/mol.